The van der Waals surface area contributed by atoms with Crippen LogP contribution in [0.15, 0.2) is 22.7 Å². The molecule has 1 aromatic rings. The van der Waals surface area contributed by atoms with Crippen molar-refractivity contribution in [1.82, 2.24) is 0 Å². The van der Waals surface area contributed by atoms with Crippen molar-refractivity contribution in [3.05, 3.63) is 22.7 Å². The molecule has 1 unspecified atom stereocenters. The van der Waals surface area contributed by atoms with E-state index in [0.29, 0.717) is 9.37 Å². The molecule has 1 aliphatic heterocycles. The largest absolute Gasteiger partial charge is 0.471 e. The van der Waals surface area contributed by atoms with Gasteiger partial charge in [0.05, 0.1) is 17.3 Å². The number of alkyl halides is 3. The van der Waals surface area contributed by atoms with Crippen LogP contribution in [0.2, 0.25) is 0 Å². The molecule has 2 amide bonds. The van der Waals surface area contributed by atoms with E-state index in [9.17, 15) is 22.8 Å². The summed E-state index contributed by atoms with van der Waals surface area (Å²) in [5, 5.41) is 2.51. The number of amides is 2. The minimum atomic E-state index is -4.99. The molecule has 0 saturated heterocycles. The van der Waals surface area contributed by atoms with Gasteiger partial charge in [-0.2, -0.15) is 13.2 Å². The average Bonchev–Trinajstić information content (AvgIpc) is 2.46. The summed E-state index contributed by atoms with van der Waals surface area (Å²) < 4.78 is 38.5. The standard InChI is InChI=1S/C12H10BrF3N2O2/c1-6-5-18(11(20)12(14,15)16)9-4-7(13)2-3-8(9)17-10(6)19/h2-4,6H,5H2,1H3,(H,17,19). The van der Waals surface area contributed by atoms with Gasteiger partial charge in [-0.1, -0.05) is 22.9 Å². The second-order valence-corrected chi connectivity index (χ2v) is 5.38. The third-order valence-electron chi connectivity index (χ3n) is 2.90. The molecular formula is C12H10BrF3N2O2. The highest BCUT2D eigenvalue weighted by Crippen LogP contribution is 2.35. The number of nitrogens with one attached hydrogen (secondary N) is 1. The lowest BCUT2D eigenvalue weighted by Crippen LogP contribution is -2.43. The Labute approximate surface area is 121 Å². The van der Waals surface area contributed by atoms with Gasteiger partial charge in [-0.3, -0.25) is 9.59 Å². The van der Waals surface area contributed by atoms with Crippen molar-refractivity contribution in [3.63, 3.8) is 0 Å². The molecule has 1 heterocycles. The molecule has 1 aliphatic rings. The summed E-state index contributed by atoms with van der Waals surface area (Å²) in [4.78, 5) is 23.9. The van der Waals surface area contributed by atoms with E-state index < -0.39 is 23.9 Å². The van der Waals surface area contributed by atoms with Gasteiger partial charge in [0.15, 0.2) is 0 Å². The zero-order valence-corrected chi connectivity index (χ0v) is 11.9. The lowest BCUT2D eigenvalue weighted by molar-refractivity contribution is -0.170. The van der Waals surface area contributed by atoms with Crippen LogP contribution in [-0.2, 0) is 9.59 Å². The predicted molar refractivity (Wildman–Crippen MR) is 70.3 cm³/mol. The normalized spacial score (nSPS) is 19.1. The number of rotatable bonds is 0. The summed E-state index contributed by atoms with van der Waals surface area (Å²) in [6.45, 7) is 1.14. The number of benzene rings is 1. The molecule has 0 aliphatic carbocycles. The van der Waals surface area contributed by atoms with E-state index in [1.807, 2.05) is 0 Å². The molecule has 1 aromatic carbocycles. The zero-order valence-electron chi connectivity index (χ0n) is 10.3. The molecule has 2 rings (SSSR count). The van der Waals surface area contributed by atoms with Gasteiger partial charge in [-0.05, 0) is 18.2 Å². The maximum atomic E-state index is 12.7. The minimum absolute atomic E-state index is 0.0272. The fraction of sp³-hybridized carbons (Fsp3) is 0.333. The highest BCUT2D eigenvalue weighted by Gasteiger charge is 2.45. The summed E-state index contributed by atoms with van der Waals surface area (Å²) in [6, 6.07) is 4.40. The third-order valence-corrected chi connectivity index (χ3v) is 3.39. The smallest absolute Gasteiger partial charge is 0.324 e. The van der Waals surface area contributed by atoms with E-state index in [0.717, 1.165) is 0 Å². The minimum Gasteiger partial charge on any atom is -0.324 e. The highest BCUT2D eigenvalue weighted by atomic mass is 79.9. The third kappa shape index (κ3) is 2.79. The molecule has 0 radical (unpaired) electrons. The number of hydrogen-bond acceptors (Lipinski definition) is 2. The van der Waals surface area contributed by atoms with Crippen LogP contribution in [-0.4, -0.2) is 24.5 Å². The number of anilines is 2. The Balaban J connectivity index is 2.53. The Morgan fingerprint density at radius 3 is 2.70 bits per heavy atom. The van der Waals surface area contributed by atoms with Gasteiger partial charge >= 0.3 is 12.1 Å². The fourth-order valence-corrected chi connectivity index (χ4v) is 2.24. The van der Waals surface area contributed by atoms with Crippen molar-refractivity contribution in [1.29, 1.82) is 0 Å². The topological polar surface area (TPSA) is 49.4 Å². The van der Waals surface area contributed by atoms with E-state index >= 15 is 0 Å². The van der Waals surface area contributed by atoms with Crippen LogP contribution in [0.25, 0.3) is 0 Å². The van der Waals surface area contributed by atoms with Crippen LogP contribution in [0.3, 0.4) is 0 Å². The molecule has 4 nitrogen and oxygen atoms in total. The van der Waals surface area contributed by atoms with Crippen molar-refractivity contribution in [2.45, 2.75) is 13.1 Å². The van der Waals surface area contributed by atoms with Crippen molar-refractivity contribution < 1.29 is 22.8 Å². The molecule has 0 bridgehead atoms. The Morgan fingerprint density at radius 2 is 2.10 bits per heavy atom. The first kappa shape index (κ1) is 14.8. The monoisotopic (exact) mass is 350 g/mol. The van der Waals surface area contributed by atoms with E-state index in [1.165, 1.54) is 19.1 Å². The quantitative estimate of drug-likeness (QED) is 0.782. The predicted octanol–water partition coefficient (Wildman–Crippen LogP) is 2.93. The number of carbonyl (C=O) groups excluding carboxylic acids is 2. The Hall–Kier alpha value is -1.57. The van der Waals surface area contributed by atoms with Gasteiger partial charge in [0.1, 0.15) is 0 Å². The molecular weight excluding hydrogens is 341 g/mol. The molecule has 0 aromatic heterocycles. The second kappa shape index (κ2) is 5.08. The van der Waals surface area contributed by atoms with Gasteiger partial charge in [0.2, 0.25) is 5.91 Å². The maximum Gasteiger partial charge on any atom is 0.471 e. The molecule has 20 heavy (non-hydrogen) atoms. The fourth-order valence-electron chi connectivity index (χ4n) is 1.89. The SMILES string of the molecule is CC1CN(C(=O)C(F)(F)F)c2cc(Br)ccc2NC1=O. The Kier molecular flexibility index (Phi) is 3.77. The molecule has 0 fully saturated rings. The first-order valence-electron chi connectivity index (χ1n) is 5.69. The summed E-state index contributed by atoms with van der Waals surface area (Å²) in [6.07, 6.45) is -4.99. The van der Waals surface area contributed by atoms with Gasteiger partial charge in [-0.25, -0.2) is 0 Å². The Bertz CT molecular complexity index is 574. The van der Waals surface area contributed by atoms with Crippen LogP contribution in [0.1, 0.15) is 6.92 Å². The highest BCUT2D eigenvalue weighted by molar-refractivity contribution is 9.10. The van der Waals surface area contributed by atoms with E-state index in [4.69, 9.17) is 0 Å². The summed E-state index contributed by atoms with van der Waals surface area (Å²) in [5.74, 6) is -3.15. The first-order chi connectivity index (χ1) is 9.20. The molecule has 1 atom stereocenters. The molecule has 1 N–H and O–H groups in total. The number of nitrogens with zero attached hydrogens (tertiary/aromatic N) is 1. The van der Waals surface area contributed by atoms with E-state index in [-0.39, 0.29) is 17.9 Å². The molecule has 0 saturated carbocycles. The molecule has 8 heteroatoms. The second-order valence-electron chi connectivity index (χ2n) is 4.47. The van der Waals surface area contributed by atoms with E-state index in [2.05, 4.69) is 21.2 Å². The number of hydrogen-bond donors (Lipinski definition) is 1. The van der Waals surface area contributed by atoms with Crippen LogP contribution < -0.4 is 10.2 Å². The van der Waals surface area contributed by atoms with Crippen molar-refractivity contribution >= 4 is 39.1 Å². The summed E-state index contributed by atoms with van der Waals surface area (Å²) in [5.41, 5.74) is 0.208. The number of fused-ring (bicyclic) bond motifs is 1. The van der Waals surface area contributed by atoms with E-state index in [1.54, 1.807) is 6.07 Å². The van der Waals surface area contributed by atoms with Crippen molar-refractivity contribution in [2.75, 3.05) is 16.8 Å². The van der Waals surface area contributed by atoms with Crippen molar-refractivity contribution in [3.8, 4) is 0 Å². The van der Waals surface area contributed by atoms with Crippen LogP contribution >= 0.6 is 15.9 Å². The lowest BCUT2D eigenvalue weighted by atomic mass is 10.1. The van der Waals surface area contributed by atoms with Gasteiger partial charge in [0, 0.05) is 11.0 Å². The van der Waals surface area contributed by atoms with Gasteiger partial charge in [-0.15, -0.1) is 0 Å². The lowest BCUT2D eigenvalue weighted by Gasteiger charge is -2.24. The van der Waals surface area contributed by atoms with Gasteiger partial charge < -0.3 is 10.2 Å². The van der Waals surface area contributed by atoms with Crippen LogP contribution in [0.4, 0.5) is 24.5 Å². The van der Waals surface area contributed by atoms with Crippen LogP contribution in [0, 0.1) is 5.92 Å². The first-order valence-corrected chi connectivity index (χ1v) is 6.48. The van der Waals surface area contributed by atoms with Gasteiger partial charge in [0.25, 0.3) is 0 Å². The number of carbonyl (C=O) groups is 2. The number of halogens is 4. The summed E-state index contributed by atoms with van der Waals surface area (Å²) >= 11 is 3.14. The maximum absolute atomic E-state index is 12.7. The van der Waals surface area contributed by atoms with Crippen LogP contribution in [0.5, 0.6) is 0 Å². The van der Waals surface area contributed by atoms with Crippen molar-refractivity contribution in [2.24, 2.45) is 5.92 Å². The zero-order chi connectivity index (χ0) is 15.1. The molecule has 108 valence electrons. The Morgan fingerprint density at radius 1 is 1.45 bits per heavy atom. The molecule has 0 spiro atoms. The average molecular weight is 351 g/mol. The summed E-state index contributed by atoms with van der Waals surface area (Å²) in [7, 11) is 0.